The van der Waals surface area contributed by atoms with E-state index in [1.165, 1.54) is 18.4 Å². The molecular weight excluding hydrogens is 308 g/mol. The molecule has 0 aliphatic heterocycles. The molecule has 1 aromatic carbocycles. The average molecular weight is 330 g/mol. The van der Waals surface area contributed by atoms with E-state index in [2.05, 4.69) is 15.8 Å². The maximum Gasteiger partial charge on any atom is 0.242 e. The van der Waals surface area contributed by atoms with Gasteiger partial charge in [-0.2, -0.15) is 0 Å². The highest BCUT2D eigenvalue weighted by Crippen LogP contribution is 2.22. The first-order valence-corrected chi connectivity index (χ1v) is 9.57. The molecule has 1 heterocycles. The number of pyridine rings is 1. The molecule has 0 spiro atoms. The van der Waals surface area contributed by atoms with E-state index in [-0.39, 0.29) is 4.90 Å². The summed E-state index contributed by atoms with van der Waals surface area (Å²) in [5.74, 6) is 0. The normalized spacial score (nSPS) is 15.6. The van der Waals surface area contributed by atoms with Gasteiger partial charge in [-0.1, -0.05) is 23.8 Å². The Morgan fingerprint density at radius 2 is 2.13 bits per heavy atom. The van der Waals surface area contributed by atoms with E-state index in [0.29, 0.717) is 12.1 Å². The van der Waals surface area contributed by atoms with Crippen molar-refractivity contribution in [2.45, 2.75) is 43.9 Å². The topological polar surface area (TPSA) is 59.1 Å². The molecule has 0 bridgehead atoms. The number of para-hydroxylation sites is 1. The second kappa shape index (κ2) is 6.81. The summed E-state index contributed by atoms with van der Waals surface area (Å²) in [5, 5.41) is 0.850. The van der Waals surface area contributed by atoms with Gasteiger partial charge < -0.3 is 0 Å². The number of nitrogens with zero attached hydrogens (tertiary/aromatic N) is 1. The van der Waals surface area contributed by atoms with E-state index < -0.39 is 10.0 Å². The van der Waals surface area contributed by atoms with Gasteiger partial charge in [0.25, 0.3) is 0 Å². The van der Waals surface area contributed by atoms with Crippen LogP contribution < -0.4 is 4.72 Å². The van der Waals surface area contributed by atoms with Gasteiger partial charge in [-0.15, -0.1) is 0 Å². The summed E-state index contributed by atoms with van der Waals surface area (Å²) in [7, 11) is -3.54. The molecule has 2 aromatic rings. The van der Waals surface area contributed by atoms with Crippen LogP contribution in [-0.4, -0.2) is 19.9 Å². The van der Waals surface area contributed by atoms with Crippen molar-refractivity contribution < 1.29 is 8.42 Å². The quantitative estimate of drug-likeness (QED) is 0.850. The Balaban J connectivity index is 1.78. The van der Waals surface area contributed by atoms with E-state index >= 15 is 0 Å². The van der Waals surface area contributed by atoms with Gasteiger partial charge in [0.2, 0.25) is 10.0 Å². The van der Waals surface area contributed by atoms with Gasteiger partial charge in [-0.25, -0.2) is 13.1 Å². The van der Waals surface area contributed by atoms with Crippen LogP contribution >= 0.6 is 0 Å². The maximum atomic E-state index is 12.6. The van der Waals surface area contributed by atoms with E-state index in [1.807, 2.05) is 19.1 Å². The van der Waals surface area contributed by atoms with Crippen LogP contribution in [0.1, 0.15) is 37.7 Å². The zero-order chi connectivity index (χ0) is 16.3. The van der Waals surface area contributed by atoms with Crippen LogP contribution in [0.15, 0.2) is 47.0 Å². The van der Waals surface area contributed by atoms with Gasteiger partial charge in [0.1, 0.15) is 4.90 Å². The highest BCUT2D eigenvalue weighted by atomic mass is 32.2. The van der Waals surface area contributed by atoms with Crippen molar-refractivity contribution >= 4 is 20.9 Å². The van der Waals surface area contributed by atoms with Gasteiger partial charge in [-0.05, 0) is 56.7 Å². The zero-order valence-electron chi connectivity index (χ0n) is 13.4. The number of hydrogen-bond acceptors (Lipinski definition) is 3. The van der Waals surface area contributed by atoms with Gasteiger partial charge in [0, 0.05) is 18.1 Å². The van der Waals surface area contributed by atoms with E-state index in [0.717, 1.165) is 30.2 Å². The summed E-state index contributed by atoms with van der Waals surface area (Å²) in [6.45, 7) is 2.39. The molecule has 4 nitrogen and oxygen atoms in total. The molecule has 1 aliphatic rings. The molecule has 23 heavy (non-hydrogen) atoms. The molecule has 3 rings (SSSR count). The number of nitrogens with one attached hydrogen (secondary N) is 1. The molecule has 1 aliphatic carbocycles. The Bertz CT molecular complexity index is 841. The summed E-state index contributed by atoms with van der Waals surface area (Å²) in [5.41, 5.74) is 2.91. The largest absolute Gasteiger partial charge is 0.255 e. The molecular formula is C18H22N2O2S. The Kier molecular flexibility index (Phi) is 4.78. The van der Waals surface area contributed by atoms with Crippen molar-refractivity contribution in [1.82, 2.24) is 9.71 Å². The van der Waals surface area contributed by atoms with Crippen molar-refractivity contribution in [2.75, 3.05) is 6.54 Å². The fourth-order valence-corrected chi connectivity index (χ4v) is 4.22. The third-order valence-electron chi connectivity index (χ3n) is 4.22. The standard InChI is InChI=1S/C18H22N2O2S/c1-14-12-16-8-5-9-17(18(16)19-13-14)23(21,22)20-11-10-15-6-3-2-4-7-15/h5-6,8-9,12-13,20H,2-4,7,10-11H2,1H3. The number of hydrogen-bond donors (Lipinski definition) is 1. The van der Waals surface area contributed by atoms with E-state index in [9.17, 15) is 8.42 Å². The molecule has 0 unspecified atom stereocenters. The summed E-state index contributed by atoms with van der Waals surface area (Å²) in [6, 6.07) is 7.23. The molecule has 5 heteroatoms. The lowest BCUT2D eigenvalue weighted by atomic mass is 9.97. The van der Waals surface area contributed by atoms with Crippen molar-refractivity contribution in [1.29, 1.82) is 0 Å². The Morgan fingerprint density at radius 3 is 2.91 bits per heavy atom. The predicted octanol–water partition coefficient (Wildman–Crippen LogP) is 3.71. The van der Waals surface area contributed by atoms with Gasteiger partial charge in [-0.3, -0.25) is 4.98 Å². The van der Waals surface area contributed by atoms with Crippen LogP contribution in [0.2, 0.25) is 0 Å². The molecule has 1 aromatic heterocycles. The molecule has 0 saturated heterocycles. The van der Waals surface area contributed by atoms with E-state index in [4.69, 9.17) is 0 Å². The van der Waals surface area contributed by atoms with E-state index in [1.54, 1.807) is 18.3 Å². The zero-order valence-corrected chi connectivity index (χ0v) is 14.2. The monoisotopic (exact) mass is 330 g/mol. The summed E-state index contributed by atoms with van der Waals surface area (Å²) in [6.07, 6.45) is 9.41. The van der Waals surface area contributed by atoms with Crippen molar-refractivity contribution in [3.05, 3.63) is 47.7 Å². The Hall–Kier alpha value is -1.72. The highest BCUT2D eigenvalue weighted by Gasteiger charge is 2.18. The fourth-order valence-electron chi connectivity index (χ4n) is 3.02. The van der Waals surface area contributed by atoms with Crippen LogP contribution in [0.4, 0.5) is 0 Å². The third kappa shape index (κ3) is 3.79. The van der Waals surface area contributed by atoms with Crippen LogP contribution in [0.5, 0.6) is 0 Å². The number of aromatic nitrogens is 1. The smallest absolute Gasteiger partial charge is 0.242 e. The third-order valence-corrected chi connectivity index (χ3v) is 5.72. The van der Waals surface area contributed by atoms with Crippen LogP contribution in [-0.2, 0) is 10.0 Å². The minimum atomic E-state index is -3.54. The Labute approximate surface area is 137 Å². The summed E-state index contributed by atoms with van der Waals surface area (Å²) >= 11 is 0. The second-order valence-electron chi connectivity index (χ2n) is 6.10. The van der Waals surface area contributed by atoms with Gasteiger partial charge in [0.15, 0.2) is 0 Å². The lowest BCUT2D eigenvalue weighted by molar-refractivity contribution is 0.580. The predicted molar refractivity (Wildman–Crippen MR) is 92.8 cm³/mol. The first-order chi connectivity index (χ1) is 11.1. The number of sulfonamides is 1. The summed E-state index contributed by atoms with van der Waals surface area (Å²) < 4.78 is 27.9. The highest BCUT2D eigenvalue weighted by molar-refractivity contribution is 7.89. The molecule has 1 N–H and O–H groups in total. The van der Waals surface area contributed by atoms with Crippen molar-refractivity contribution in [3.63, 3.8) is 0 Å². The van der Waals surface area contributed by atoms with Crippen LogP contribution in [0.25, 0.3) is 10.9 Å². The molecule has 122 valence electrons. The first-order valence-electron chi connectivity index (χ1n) is 8.09. The molecule has 0 radical (unpaired) electrons. The van der Waals surface area contributed by atoms with Gasteiger partial charge >= 0.3 is 0 Å². The van der Waals surface area contributed by atoms with Crippen molar-refractivity contribution in [2.24, 2.45) is 0 Å². The fraction of sp³-hybridized carbons (Fsp3) is 0.389. The molecule has 0 fully saturated rings. The number of rotatable bonds is 5. The molecule has 0 amide bonds. The number of benzene rings is 1. The van der Waals surface area contributed by atoms with Crippen molar-refractivity contribution in [3.8, 4) is 0 Å². The number of aryl methyl sites for hydroxylation is 1. The Morgan fingerprint density at radius 1 is 1.26 bits per heavy atom. The molecule has 0 saturated carbocycles. The number of fused-ring (bicyclic) bond motifs is 1. The lowest BCUT2D eigenvalue weighted by Crippen LogP contribution is -2.25. The number of allylic oxidation sites excluding steroid dienone is 1. The van der Waals surface area contributed by atoms with Gasteiger partial charge in [0.05, 0.1) is 5.52 Å². The maximum absolute atomic E-state index is 12.6. The molecule has 0 atom stereocenters. The SMILES string of the molecule is Cc1cnc2c(S(=O)(=O)NCCC3=CCCCC3)cccc2c1. The average Bonchev–Trinajstić information content (AvgIpc) is 2.55. The van der Waals surface area contributed by atoms with Crippen LogP contribution in [0.3, 0.4) is 0 Å². The minimum absolute atomic E-state index is 0.257. The van der Waals surface area contributed by atoms with Crippen LogP contribution in [0, 0.1) is 6.92 Å². The first kappa shape index (κ1) is 16.1. The summed E-state index contributed by atoms with van der Waals surface area (Å²) in [4.78, 5) is 4.57. The lowest BCUT2D eigenvalue weighted by Gasteiger charge is -2.13. The minimum Gasteiger partial charge on any atom is -0.255 e. The second-order valence-corrected chi connectivity index (χ2v) is 7.83.